The molecule has 2 aromatic carbocycles. The number of fused-ring (bicyclic) bond motifs is 1. The van der Waals surface area contributed by atoms with Gasteiger partial charge in [-0.25, -0.2) is 0 Å². The number of nitrogens with one attached hydrogen (secondary N) is 1. The highest BCUT2D eigenvalue weighted by Crippen LogP contribution is 2.31. The molecule has 0 saturated heterocycles. The Labute approximate surface area is 127 Å². The van der Waals surface area contributed by atoms with Crippen LogP contribution in [0.15, 0.2) is 54.6 Å². The first kappa shape index (κ1) is 14.2. The van der Waals surface area contributed by atoms with Crippen molar-refractivity contribution in [3.8, 4) is 0 Å². The maximum atomic E-state index is 3.48. The molecule has 21 heavy (non-hydrogen) atoms. The predicted molar refractivity (Wildman–Crippen MR) is 89.8 cm³/mol. The number of likely N-dealkylation sites (N-methyl/N-ethyl adjacent to an activating group) is 1. The Kier molecular flexibility index (Phi) is 4.26. The maximum Gasteiger partial charge on any atom is 0.0495 e. The lowest BCUT2D eigenvalue weighted by atomic mass is 9.95. The summed E-state index contributed by atoms with van der Waals surface area (Å²) in [6.45, 7) is 3.35. The largest absolute Gasteiger partial charge is 0.367 e. The average Bonchev–Trinajstić information content (AvgIpc) is 2.55. The quantitative estimate of drug-likeness (QED) is 0.916. The van der Waals surface area contributed by atoms with E-state index in [0.717, 1.165) is 6.54 Å². The van der Waals surface area contributed by atoms with E-state index in [0.29, 0.717) is 12.1 Å². The number of nitrogens with zero attached hydrogens (tertiary/aromatic N) is 1. The molecule has 2 heteroatoms. The number of benzene rings is 2. The average molecular weight is 280 g/mol. The third-order valence-corrected chi connectivity index (χ3v) is 4.59. The summed E-state index contributed by atoms with van der Waals surface area (Å²) in [6, 6.07) is 20.5. The van der Waals surface area contributed by atoms with E-state index in [1.807, 2.05) is 0 Å². The molecule has 2 aromatic rings. The molecule has 0 saturated carbocycles. The number of rotatable bonds is 4. The van der Waals surface area contributed by atoms with E-state index in [4.69, 9.17) is 0 Å². The van der Waals surface area contributed by atoms with Crippen molar-refractivity contribution in [3.05, 3.63) is 65.7 Å². The molecule has 2 atom stereocenters. The van der Waals surface area contributed by atoms with Crippen molar-refractivity contribution in [1.29, 1.82) is 0 Å². The highest BCUT2D eigenvalue weighted by Gasteiger charge is 2.25. The summed E-state index contributed by atoms with van der Waals surface area (Å²) >= 11 is 0. The van der Waals surface area contributed by atoms with E-state index < -0.39 is 0 Å². The summed E-state index contributed by atoms with van der Waals surface area (Å²) in [7, 11) is 2.05. The number of hydrogen-bond acceptors (Lipinski definition) is 2. The van der Waals surface area contributed by atoms with Gasteiger partial charge in [-0.3, -0.25) is 0 Å². The first-order chi connectivity index (χ1) is 10.3. The van der Waals surface area contributed by atoms with Crippen LogP contribution in [-0.2, 0) is 6.42 Å². The van der Waals surface area contributed by atoms with Crippen LogP contribution in [0.2, 0.25) is 0 Å². The minimum atomic E-state index is 0.361. The maximum absolute atomic E-state index is 3.48. The van der Waals surface area contributed by atoms with Crippen LogP contribution in [-0.4, -0.2) is 19.6 Å². The first-order valence-electron chi connectivity index (χ1n) is 7.86. The van der Waals surface area contributed by atoms with Gasteiger partial charge in [-0.1, -0.05) is 48.5 Å². The Hall–Kier alpha value is -1.80. The third-order valence-electron chi connectivity index (χ3n) is 4.59. The zero-order chi connectivity index (χ0) is 14.7. The van der Waals surface area contributed by atoms with Crippen LogP contribution in [0, 0.1) is 0 Å². The zero-order valence-electron chi connectivity index (χ0n) is 12.9. The van der Waals surface area contributed by atoms with E-state index in [2.05, 4.69) is 78.8 Å². The van der Waals surface area contributed by atoms with E-state index >= 15 is 0 Å². The fourth-order valence-electron chi connectivity index (χ4n) is 3.28. The molecule has 0 aliphatic carbocycles. The summed E-state index contributed by atoms with van der Waals surface area (Å²) < 4.78 is 0. The Morgan fingerprint density at radius 1 is 1.10 bits per heavy atom. The van der Waals surface area contributed by atoms with Crippen molar-refractivity contribution in [2.75, 3.05) is 18.5 Å². The molecule has 2 nitrogen and oxygen atoms in total. The monoisotopic (exact) mass is 280 g/mol. The van der Waals surface area contributed by atoms with Crippen LogP contribution >= 0.6 is 0 Å². The molecule has 0 spiro atoms. The van der Waals surface area contributed by atoms with Gasteiger partial charge in [0.2, 0.25) is 0 Å². The standard InChI is InChI=1S/C19H24N2/c1-15-12-13-17-10-6-7-11-19(17)21(15)14-18(20-2)16-8-4-3-5-9-16/h3-11,15,18,20H,12-14H2,1-2H3. The topological polar surface area (TPSA) is 15.3 Å². The van der Waals surface area contributed by atoms with Gasteiger partial charge in [0.25, 0.3) is 0 Å². The van der Waals surface area contributed by atoms with Gasteiger partial charge >= 0.3 is 0 Å². The van der Waals surface area contributed by atoms with Crippen LogP contribution in [0.4, 0.5) is 5.69 Å². The number of anilines is 1. The van der Waals surface area contributed by atoms with Crippen LogP contribution in [0.5, 0.6) is 0 Å². The molecule has 1 aliphatic heterocycles. The van der Waals surface area contributed by atoms with Crippen molar-refractivity contribution in [1.82, 2.24) is 5.32 Å². The smallest absolute Gasteiger partial charge is 0.0495 e. The van der Waals surface area contributed by atoms with Crippen molar-refractivity contribution in [2.24, 2.45) is 0 Å². The van der Waals surface area contributed by atoms with Crippen molar-refractivity contribution >= 4 is 5.69 Å². The Morgan fingerprint density at radius 2 is 1.81 bits per heavy atom. The molecule has 110 valence electrons. The minimum Gasteiger partial charge on any atom is -0.367 e. The highest BCUT2D eigenvalue weighted by atomic mass is 15.2. The van der Waals surface area contributed by atoms with Gasteiger partial charge in [-0.2, -0.15) is 0 Å². The number of hydrogen-bond donors (Lipinski definition) is 1. The summed E-state index contributed by atoms with van der Waals surface area (Å²) in [5.74, 6) is 0. The lowest BCUT2D eigenvalue weighted by molar-refractivity contribution is 0.500. The fraction of sp³-hybridized carbons (Fsp3) is 0.368. The Bertz CT molecular complexity index is 579. The van der Waals surface area contributed by atoms with Crippen LogP contribution < -0.4 is 10.2 Å². The number of para-hydroxylation sites is 1. The molecule has 0 aromatic heterocycles. The Morgan fingerprint density at radius 3 is 2.57 bits per heavy atom. The van der Waals surface area contributed by atoms with E-state index in [9.17, 15) is 0 Å². The molecule has 0 radical (unpaired) electrons. The SMILES string of the molecule is CNC(CN1c2ccccc2CCC1C)c1ccccc1. The summed E-state index contributed by atoms with van der Waals surface area (Å²) in [4.78, 5) is 2.56. The van der Waals surface area contributed by atoms with Gasteiger partial charge in [0, 0.05) is 24.3 Å². The van der Waals surface area contributed by atoms with Crippen LogP contribution in [0.3, 0.4) is 0 Å². The second-order valence-corrected chi connectivity index (χ2v) is 5.92. The Balaban J connectivity index is 1.86. The van der Waals surface area contributed by atoms with Gasteiger partial charge in [0.1, 0.15) is 0 Å². The van der Waals surface area contributed by atoms with Gasteiger partial charge < -0.3 is 10.2 Å². The number of aryl methyl sites for hydroxylation is 1. The lowest BCUT2D eigenvalue weighted by Crippen LogP contribution is -2.42. The molecule has 0 fully saturated rings. The molecular formula is C19H24N2. The molecule has 0 bridgehead atoms. The lowest BCUT2D eigenvalue weighted by Gasteiger charge is -2.39. The molecule has 1 N–H and O–H groups in total. The molecule has 1 aliphatic rings. The van der Waals surface area contributed by atoms with Gasteiger partial charge in [-0.05, 0) is 44.0 Å². The van der Waals surface area contributed by atoms with Crippen molar-refractivity contribution < 1.29 is 0 Å². The van der Waals surface area contributed by atoms with Gasteiger partial charge in [-0.15, -0.1) is 0 Å². The van der Waals surface area contributed by atoms with E-state index in [1.54, 1.807) is 0 Å². The van der Waals surface area contributed by atoms with Gasteiger partial charge in [0.15, 0.2) is 0 Å². The van der Waals surface area contributed by atoms with E-state index in [1.165, 1.54) is 29.7 Å². The van der Waals surface area contributed by atoms with E-state index in [-0.39, 0.29) is 0 Å². The third kappa shape index (κ3) is 2.96. The van der Waals surface area contributed by atoms with Crippen molar-refractivity contribution in [2.45, 2.75) is 31.8 Å². The second-order valence-electron chi connectivity index (χ2n) is 5.92. The highest BCUT2D eigenvalue weighted by molar-refractivity contribution is 5.56. The normalized spacial score (nSPS) is 19.1. The molecule has 0 amide bonds. The summed E-state index contributed by atoms with van der Waals surface area (Å²) in [5, 5.41) is 3.48. The van der Waals surface area contributed by atoms with Crippen LogP contribution in [0.25, 0.3) is 0 Å². The first-order valence-corrected chi connectivity index (χ1v) is 7.86. The van der Waals surface area contributed by atoms with Gasteiger partial charge in [0.05, 0.1) is 0 Å². The fourth-order valence-corrected chi connectivity index (χ4v) is 3.28. The zero-order valence-corrected chi connectivity index (χ0v) is 12.9. The molecule has 3 rings (SSSR count). The summed E-state index contributed by atoms with van der Waals surface area (Å²) in [5.41, 5.74) is 4.25. The molecule has 1 heterocycles. The minimum absolute atomic E-state index is 0.361. The molecular weight excluding hydrogens is 256 g/mol. The molecule has 2 unspecified atom stereocenters. The summed E-state index contributed by atoms with van der Waals surface area (Å²) in [6.07, 6.45) is 2.44. The predicted octanol–water partition coefficient (Wildman–Crippen LogP) is 3.79. The van der Waals surface area contributed by atoms with Crippen molar-refractivity contribution in [3.63, 3.8) is 0 Å². The van der Waals surface area contributed by atoms with Crippen LogP contribution in [0.1, 0.15) is 30.5 Å². The second kappa shape index (κ2) is 6.31.